The standard InChI is InChI=1S/C14H17Cl2N3S.ClH/c1-14(2,12-10(15)4-3-5-11(12)16)8-18-6-9-7-19-13(17)20-9;/h3-5,7,18H,6,8H2,1-2H3,(H2,17,19);1H. The SMILES string of the molecule is CC(C)(CNCc1cnc(N)s1)c1c(Cl)cccc1Cl.Cl. The predicted molar refractivity (Wildman–Crippen MR) is 95.0 cm³/mol. The summed E-state index contributed by atoms with van der Waals surface area (Å²) in [6, 6.07) is 5.60. The van der Waals surface area contributed by atoms with E-state index in [2.05, 4.69) is 24.1 Å². The molecule has 0 saturated heterocycles. The molecule has 0 amide bonds. The van der Waals surface area contributed by atoms with E-state index < -0.39 is 0 Å². The van der Waals surface area contributed by atoms with Gasteiger partial charge in [-0.3, -0.25) is 0 Å². The van der Waals surface area contributed by atoms with E-state index in [0.717, 1.165) is 23.5 Å². The molecule has 0 spiro atoms. The molecule has 1 aromatic carbocycles. The molecule has 0 saturated carbocycles. The van der Waals surface area contributed by atoms with Gasteiger partial charge < -0.3 is 11.1 Å². The average Bonchev–Trinajstić information content (AvgIpc) is 2.74. The summed E-state index contributed by atoms with van der Waals surface area (Å²) in [4.78, 5) is 5.15. The number of nitrogens with two attached hydrogens (primary N) is 1. The van der Waals surface area contributed by atoms with Crippen LogP contribution in [0.1, 0.15) is 24.3 Å². The number of benzene rings is 1. The molecule has 3 N–H and O–H groups in total. The minimum absolute atomic E-state index is 0. The van der Waals surface area contributed by atoms with Crippen LogP contribution in [-0.2, 0) is 12.0 Å². The molecule has 0 aliphatic carbocycles. The molecule has 0 fully saturated rings. The molecule has 2 rings (SSSR count). The molecule has 0 radical (unpaired) electrons. The van der Waals surface area contributed by atoms with Crippen LogP contribution < -0.4 is 11.1 Å². The summed E-state index contributed by atoms with van der Waals surface area (Å²) >= 11 is 14.0. The Morgan fingerprint density at radius 2 is 1.90 bits per heavy atom. The van der Waals surface area contributed by atoms with Gasteiger partial charge in [-0.2, -0.15) is 0 Å². The molecule has 1 heterocycles. The predicted octanol–water partition coefficient (Wildman–Crippen LogP) is 4.52. The summed E-state index contributed by atoms with van der Waals surface area (Å²) in [5, 5.41) is 5.40. The summed E-state index contributed by atoms with van der Waals surface area (Å²) in [5.74, 6) is 0. The Balaban J connectivity index is 0.00000220. The fourth-order valence-electron chi connectivity index (χ4n) is 2.14. The van der Waals surface area contributed by atoms with Crippen molar-refractivity contribution in [1.29, 1.82) is 0 Å². The number of nitrogens with zero attached hydrogens (tertiary/aromatic N) is 1. The number of aromatic nitrogens is 1. The number of nitrogen functional groups attached to an aromatic ring is 1. The van der Waals surface area contributed by atoms with Gasteiger partial charge in [0.05, 0.1) is 0 Å². The van der Waals surface area contributed by atoms with Crippen molar-refractivity contribution in [2.75, 3.05) is 12.3 Å². The van der Waals surface area contributed by atoms with Crippen LogP contribution in [0.5, 0.6) is 0 Å². The molecule has 21 heavy (non-hydrogen) atoms. The first-order valence-corrected chi connectivity index (χ1v) is 7.83. The first-order chi connectivity index (χ1) is 9.40. The molecule has 2 aromatic rings. The van der Waals surface area contributed by atoms with E-state index in [1.807, 2.05) is 18.2 Å². The van der Waals surface area contributed by atoms with Gasteiger partial charge in [-0.15, -0.1) is 23.7 Å². The van der Waals surface area contributed by atoms with E-state index in [4.69, 9.17) is 28.9 Å². The van der Waals surface area contributed by atoms with Gasteiger partial charge in [0.2, 0.25) is 0 Å². The Morgan fingerprint density at radius 1 is 1.29 bits per heavy atom. The number of halogens is 3. The maximum Gasteiger partial charge on any atom is 0.180 e. The molecule has 116 valence electrons. The summed E-state index contributed by atoms with van der Waals surface area (Å²) in [5.41, 5.74) is 6.42. The number of thiazole rings is 1. The number of hydrogen-bond donors (Lipinski definition) is 2. The molecule has 0 aliphatic heterocycles. The third-order valence-corrected chi connectivity index (χ3v) is 4.53. The zero-order chi connectivity index (χ0) is 14.8. The van der Waals surface area contributed by atoms with E-state index in [0.29, 0.717) is 15.2 Å². The number of hydrogen-bond acceptors (Lipinski definition) is 4. The van der Waals surface area contributed by atoms with Gasteiger partial charge >= 0.3 is 0 Å². The lowest BCUT2D eigenvalue weighted by molar-refractivity contribution is 0.470. The van der Waals surface area contributed by atoms with Gasteiger partial charge in [0.25, 0.3) is 0 Å². The molecule has 0 unspecified atom stereocenters. The minimum Gasteiger partial charge on any atom is -0.375 e. The Bertz CT molecular complexity index is 579. The average molecular weight is 367 g/mol. The minimum atomic E-state index is -0.161. The lowest BCUT2D eigenvalue weighted by Gasteiger charge is -2.27. The van der Waals surface area contributed by atoms with E-state index in [9.17, 15) is 0 Å². The van der Waals surface area contributed by atoms with Crippen LogP contribution in [0.4, 0.5) is 5.13 Å². The molecule has 0 bridgehead atoms. The van der Waals surface area contributed by atoms with Crippen LogP contribution >= 0.6 is 46.9 Å². The van der Waals surface area contributed by atoms with E-state index in [1.54, 1.807) is 6.20 Å². The summed E-state index contributed by atoms with van der Waals surface area (Å²) in [6.45, 7) is 5.73. The largest absolute Gasteiger partial charge is 0.375 e. The van der Waals surface area contributed by atoms with Crippen molar-refractivity contribution in [1.82, 2.24) is 10.3 Å². The van der Waals surface area contributed by atoms with E-state index in [-0.39, 0.29) is 17.8 Å². The Hall–Kier alpha value is -0.520. The second-order valence-corrected chi connectivity index (χ2v) is 7.21. The van der Waals surface area contributed by atoms with Gasteiger partial charge in [-0.25, -0.2) is 4.98 Å². The maximum atomic E-state index is 6.28. The van der Waals surface area contributed by atoms with Crippen molar-refractivity contribution in [2.45, 2.75) is 25.8 Å². The topological polar surface area (TPSA) is 50.9 Å². The lowest BCUT2D eigenvalue weighted by Crippen LogP contribution is -2.33. The lowest BCUT2D eigenvalue weighted by atomic mass is 9.84. The van der Waals surface area contributed by atoms with Crippen LogP contribution in [0.25, 0.3) is 0 Å². The summed E-state index contributed by atoms with van der Waals surface area (Å²) in [6.07, 6.45) is 1.79. The molecule has 7 heteroatoms. The number of anilines is 1. The van der Waals surface area contributed by atoms with Crippen molar-refractivity contribution in [2.24, 2.45) is 0 Å². The summed E-state index contributed by atoms with van der Waals surface area (Å²) < 4.78 is 0. The fourth-order valence-corrected chi connectivity index (χ4v) is 3.70. The van der Waals surface area contributed by atoms with Crippen molar-refractivity contribution in [3.63, 3.8) is 0 Å². The zero-order valence-electron chi connectivity index (χ0n) is 11.8. The quantitative estimate of drug-likeness (QED) is 0.818. The van der Waals surface area contributed by atoms with Crippen molar-refractivity contribution in [3.8, 4) is 0 Å². The first-order valence-electron chi connectivity index (χ1n) is 6.25. The second-order valence-electron chi connectivity index (χ2n) is 5.25. The monoisotopic (exact) mass is 365 g/mol. The van der Waals surface area contributed by atoms with Gasteiger partial charge in [0, 0.05) is 39.6 Å². The highest BCUT2D eigenvalue weighted by Gasteiger charge is 2.25. The van der Waals surface area contributed by atoms with Gasteiger partial charge in [-0.05, 0) is 17.7 Å². The van der Waals surface area contributed by atoms with Gasteiger partial charge in [0.1, 0.15) is 0 Å². The van der Waals surface area contributed by atoms with Gasteiger partial charge in [0.15, 0.2) is 5.13 Å². The third-order valence-electron chi connectivity index (χ3n) is 3.08. The highest BCUT2D eigenvalue weighted by Crippen LogP contribution is 2.35. The Labute approximate surface area is 145 Å². The van der Waals surface area contributed by atoms with Crippen molar-refractivity contribution < 1.29 is 0 Å². The Kier molecular flexibility index (Phi) is 6.75. The molecular formula is C14H18Cl3N3S. The first kappa shape index (κ1) is 18.5. The third kappa shape index (κ3) is 4.73. The number of rotatable bonds is 5. The normalized spacial score (nSPS) is 11.2. The van der Waals surface area contributed by atoms with Crippen LogP contribution in [0.15, 0.2) is 24.4 Å². The summed E-state index contributed by atoms with van der Waals surface area (Å²) in [7, 11) is 0. The smallest absolute Gasteiger partial charge is 0.180 e. The van der Waals surface area contributed by atoms with Crippen LogP contribution in [0.2, 0.25) is 10.0 Å². The van der Waals surface area contributed by atoms with Gasteiger partial charge in [-0.1, -0.05) is 43.1 Å². The van der Waals surface area contributed by atoms with E-state index in [1.165, 1.54) is 11.3 Å². The Morgan fingerprint density at radius 3 is 2.43 bits per heavy atom. The molecule has 1 aromatic heterocycles. The fraction of sp³-hybridized carbons (Fsp3) is 0.357. The molecule has 3 nitrogen and oxygen atoms in total. The second kappa shape index (κ2) is 7.65. The van der Waals surface area contributed by atoms with Crippen LogP contribution in [0.3, 0.4) is 0 Å². The van der Waals surface area contributed by atoms with E-state index >= 15 is 0 Å². The highest BCUT2D eigenvalue weighted by atomic mass is 35.5. The molecule has 0 aliphatic rings. The van der Waals surface area contributed by atoms with Crippen LogP contribution in [0, 0.1) is 0 Å². The zero-order valence-corrected chi connectivity index (χ0v) is 15.0. The molecular weight excluding hydrogens is 349 g/mol. The van der Waals surface area contributed by atoms with Crippen molar-refractivity contribution >= 4 is 52.1 Å². The molecule has 0 atom stereocenters. The van der Waals surface area contributed by atoms with Crippen molar-refractivity contribution in [3.05, 3.63) is 44.9 Å². The van der Waals surface area contributed by atoms with Crippen LogP contribution in [-0.4, -0.2) is 11.5 Å². The number of nitrogens with one attached hydrogen (secondary N) is 1. The maximum absolute atomic E-state index is 6.28. The highest BCUT2D eigenvalue weighted by molar-refractivity contribution is 7.15.